The van der Waals surface area contributed by atoms with E-state index in [0.717, 1.165) is 12.3 Å². The zero-order chi connectivity index (χ0) is 10.1. The second-order valence-corrected chi connectivity index (χ2v) is 4.29. The summed E-state index contributed by atoms with van der Waals surface area (Å²) in [5.41, 5.74) is -0.715. The van der Waals surface area contributed by atoms with Crippen LogP contribution < -0.4 is 0 Å². The molecule has 1 aromatic heterocycles. The van der Waals surface area contributed by atoms with Crippen molar-refractivity contribution in [3.63, 3.8) is 0 Å². The van der Waals surface area contributed by atoms with E-state index in [-0.39, 0.29) is 0 Å². The molecule has 0 aromatic carbocycles. The first-order valence-corrected chi connectivity index (χ1v) is 5.19. The molecular formula is C8H8F3NS. The van der Waals surface area contributed by atoms with Crippen molar-refractivity contribution in [2.24, 2.45) is 0 Å². The molecule has 1 aromatic rings. The van der Waals surface area contributed by atoms with Gasteiger partial charge in [-0.2, -0.15) is 23.7 Å². The van der Waals surface area contributed by atoms with E-state index in [4.69, 9.17) is 0 Å². The monoisotopic (exact) mass is 207 g/mol. The van der Waals surface area contributed by atoms with Gasteiger partial charge in [0, 0.05) is 17.3 Å². The van der Waals surface area contributed by atoms with E-state index >= 15 is 0 Å². The van der Waals surface area contributed by atoms with Crippen LogP contribution in [0.3, 0.4) is 0 Å². The van der Waals surface area contributed by atoms with Gasteiger partial charge >= 0.3 is 6.18 Å². The smallest absolute Gasteiger partial charge is 0.263 e. The minimum absolute atomic E-state index is 0.437. The van der Waals surface area contributed by atoms with Gasteiger partial charge in [-0.3, -0.25) is 4.98 Å². The average Bonchev–Trinajstić information content (AvgIpc) is 2.03. The minimum atomic E-state index is -4.32. The number of alkyl halides is 3. The van der Waals surface area contributed by atoms with E-state index in [1.54, 1.807) is 6.26 Å². The van der Waals surface area contributed by atoms with E-state index in [9.17, 15) is 13.2 Å². The molecule has 0 radical (unpaired) electrons. The summed E-state index contributed by atoms with van der Waals surface area (Å²) < 4.78 is 36.5. The van der Waals surface area contributed by atoms with Gasteiger partial charge in [0.05, 0.1) is 5.56 Å². The summed E-state index contributed by atoms with van der Waals surface area (Å²) in [4.78, 5) is 4.04. The van der Waals surface area contributed by atoms with Gasteiger partial charge in [0.15, 0.2) is 0 Å². The highest BCUT2D eigenvalue weighted by molar-refractivity contribution is 8.13. The average molecular weight is 207 g/mol. The molecule has 0 N–H and O–H groups in total. The molecule has 0 amide bonds. The van der Waals surface area contributed by atoms with Gasteiger partial charge in [0.25, 0.3) is 0 Å². The zero-order valence-corrected chi connectivity index (χ0v) is 7.75. The van der Waals surface area contributed by atoms with E-state index in [1.807, 2.05) is 0 Å². The van der Waals surface area contributed by atoms with Crippen LogP contribution in [0.2, 0.25) is 0 Å². The molecule has 5 heteroatoms. The standard InChI is InChI=1S/C8H8F3NS/c1-13(2)7-3-6(4-12-5-7)8(9,10)11/h3-5H,1H2,2H3. The van der Waals surface area contributed by atoms with Crippen molar-refractivity contribution < 1.29 is 13.2 Å². The first-order valence-electron chi connectivity index (χ1n) is 3.39. The Hall–Kier alpha value is -0.840. The third-order valence-electron chi connectivity index (χ3n) is 1.44. The summed E-state index contributed by atoms with van der Waals surface area (Å²) in [6.45, 7) is 0. The largest absolute Gasteiger partial charge is 0.417 e. The number of rotatable bonds is 1. The van der Waals surface area contributed by atoms with Crippen LogP contribution in [0.1, 0.15) is 5.56 Å². The van der Waals surface area contributed by atoms with Crippen molar-refractivity contribution in [1.82, 2.24) is 4.98 Å². The molecule has 1 atom stereocenters. The minimum Gasteiger partial charge on any atom is -0.263 e. The second kappa shape index (κ2) is 3.49. The molecule has 13 heavy (non-hydrogen) atoms. The van der Waals surface area contributed by atoms with Gasteiger partial charge in [-0.05, 0) is 12.3 Å². The Morgan fingerprint density at radius 1 is 1.38 bits per heavy atom. The number of hydrogen-bond donors (Lipinski definition) is 0. The zero-order valence-electron chi connectivity index (χ0n) is 6.93. The Morgan fingerprint density at radius 2 is 2.00 bits per heavy atom. The van der Waals surface area contributed by atoms with Crippen LogP contribution in [-0.4, -0.2) is 17.1 Å². The molecule has 0 aliphatic rings. The van der Waals surface area contributed by atoms with Crippen LogP contribution in [0.25, 0.3) is 0 Å². The molecule has 0 saturated heterocycles. The highest BCUT2D eigenvalue weighted by atomic mass is 32.2. The first kappa shape index (κ1) is 10.2. The number of aromatic nitrogens is 1. The lowest BCUT2D eigenvalue weighted by molar-refractivity contribution is -0.138. The number of halogens is 3. The molecule has 0 saturated carbocycles. The molecule has 1 rings (SSSR count). The fourth-order valence-electron chi connectivity index (χ4n) is 0.764. The SMILES string of the molecule is C=S(C)c1cncc(C(F)(F)F)c1. The van der Waals surface area contributed by atoms with Gasteiger partial charge in [-0.25, -0.2) is 0 Å². The molecule has 0 spiro atoms. The molecule has 1 unspecified atom stereocenters. The van der Waals surface area contributed by atoms with E-state index in [1.165, 1.54) is 6.20 Å². The van der Waals surface area contributed by atoms with Crippen molar-refractivity contribution in [2.45, 2.75) is 11.1 Å². The van der Waals surface area contributed by atoms with Crippen LogP contribution in [0.15, 0.2) is 23.4 Å². The predicted octanol–water partition coefficient (Wildman–Crippen LogP) is 2.79. The molecule has 0 aliphatic heterocycles. The summed E-state index contributed by atoms with van der Waals surface area (Å²) in [6.07, 6.45) is -0.346. The Kier molecular flexibility index (Phi) is 2.75. The highest BCUT2D eigenvalue weighted by Gasteiger charge is 2.30. The number of hydrogen-bond acceptors (Lipinski definition) is 1. The van der Waals surface area contributed by atoms with E-state index in [2.05, 4.69) is 10.9 Å². The van der Waals surface area contributed by atoms with Crippen molar-refractivity contribution in [3.8, 4) is 0 Å². The topological polar surface area (TPSA) is 12.9 Å². The molecule has 0 fully saturated rings. The van der Waals surface area contributed by atoms with Crippen LogP contribution in [-0.2, 0) is 6.18 Å². The fraction of sp³-hybridized carbons (Fsp3) is 0.250. The summed E-state index contributed by atoms with van der Waals surface area (Å²) in [6, 6.07) is 1.09. The third-order valence-corrected chi connectivity index (χ3v) is 2.47. The number of pyridine rings is 1. The van der Waals surface area contributed by atoms with Crippen molar-refractivity contribution in [3.05, 3.63) is 24.0 Å². The second-order valence-electron chi connectivity index (χ2n) is 2.54. The lowest BCUT2D eigenvalue weighted by atomic mass is 10.3. The van der Waals surface area contributed by atoms with Crippen LogP contribution >= 0.6 is 10.5 Å². The molecule has 72 valence electrons. The Balaban J connectivity index is 3.13. The first-order chi connectivity index (χ1) is 5.91. The molecule has 0 bridgehead atoms. The Labute approximate surface area is 76.5 Å². The summed E-state index contributed by atoms with van der Waals surface area (Å²) in [5, 5.41) is 0. The maximum absolute atomic E-state index is 12.2. The van der Waals surface area contributed by atoms with Gasteiger partial charge in [0.1, 0.15) is 0 Å². The quantitative estimate of drug-likeness (QED) is 0.645. The van der Waals surface area contributed by atoms with Gasteiger partial charge in [0.2, 0.25) is 0 Å². The maximum atomic E-state index is 12.2. The van der Waals surface area contributed by atoms with Crippen LogP contribution in [0, 0.1) is 0 Å². The van der Waals surface area contributed by atoms with Crippen molar-refractivity contribution in [1.29, 1.82) is 0 Å². The normalized spacial score (nSPS) is 14.2. The highest BCUT2D eigenvalue weighted by Crippen LogP contribution is 2.31. The van der Waals surface area contributed by atoms with E-state index < -0.39 is 22.2 Å². The van der Waals surface area contributed by atoms with Crippen molar-refractivity contribution >= 4 is 16.4 Å². The van der Waals surface area contributed by atoms with E-state index in [0.29, 0.717) is 4.90 Å². The van der Waals surface area contributed by atoms with Crippen molar-refractivity contribution in [2.75, 3.05) is 6.26 Å². The van der Waals surface area contributed by atoms with Gasteiger partial charge in [-0.15, -0.1) is 0 Å². The van der Waals surface area contributed by atoms with Crippen LogP contribution in [0.5, 0.6) is 0 Å². The fourth-order valence-corrected chi connectivity index (χ4v) is 1.33. The Bertz CT molecular complexity index is 332. The molecule has 0 aliphatic carbocycles. The molecular weight excluding hydrogens is 199 g/mol. The lowest BCUT2D eigenvalue weighted by Crippen LogP contribution is -2.05. The van der Waals surface area contributed by atoms with Gasteiger partial charge in [-0.1, -0.05) is 5.87 Å². The molecule has 1 heterocycles. The predicted molar refractivity (Wildman–Crippen MR) is 48.1 cm³/mol. The maximum Gasteiger partial charge on any atom is 0.417 e. The summed E-state index contributed by atoms with van der Waals surface area (Å²) >= 11 is 0. The summed E-state index contributed by atoms with van der Waals surface area (Å²) in [7, 11) is -0.437. The van der Waals surface area contributed by atoms with Crippen LogP contribution in [0.4, 0.5) is 13.2 Å². The van der Waals surface area contributed by atoms with Gasteiger partial charge < -0.3 is 0 Å². The summed E-state index contributed by atoms with van der Waals surface area (Å²) in [5.74, 6) is 3.65. The molecule has 1 nitrogen and oxygen atoms in total. The lowest BCUT2D eigenvalue weighted by Gasteiger charge is -2.07. The third kappa shape index (κ3) is 2.55. The Morgan fingerprint density at radius 3 is 2.46 bits per heavy atom. The number of nitrogens with zero attached hydrogens (tertiary/aromatic N) is 1.